The van der Waals surface area contributed by atoms with Gasteiger partial charge in [0.05, 0.1) is 6.10 Å². The van der Waals surface area contributed by atoms with Gasteiger partial charge in [-0.1, -0.05) is 12.8 Å². The smallest absolute Gasteiger partial charge is 0.246 e. The fourth-order valence-electron chi connectivity index (χ4n) is 1.47. The minimum Gasteiger partial charge on any atom is -0.369 e. The fraction of sp³-hybridized carbons (Fsp3) is 0.909. The van der Waals surface area contributed by atoms with Crippen molar-refractivity contribution in [3.05, 3.63) is 0 Å². The van der Waals surface area contributed by atoms with Crippen molar-refractivity contribution in [3.63, 3.8) is 0 Å². The first-order chi connectivity index (χ1) is 6.58. The van der Waals surface area contributed by atoms with Gasteiger partial charge in [0.1, 0.15) is 6.61 Å². The third kappa shape index (κ3) is 5.22. The van der Waals surface area contributed by atoms with Gasteiger partial charge in [0.2, 0.25) is 5.91 Å². The van der Waals surface area contributed by atoms with Crippen molar-refractivity contribution in [1.82, 2.24) is 5.32 Å². The summed E-state index contributed by atoms with van der Waals surface area (Å²) in [4.78, 5) is 11.3. The Morgan fingerprint density at radius 1 is 1.43 bits per heavy atom. The van der Waals surface area contributed by atoms with E-state index in [4.69, 9.17) is 4.74 Å². The number of hydrogen-bond donors (Lipinski definition) is 1. The zero-order chi connectivity index (χ0) is 10.6. The molecule has 0 aliphatic heterocycles. The molecule has 1 amide bonds. The predicted molar refractivity (Wildman–Crippen MR) is 56.0 cm³/mol. The third-order valence-electron chi connectivity index (χ3n) is 2.34. The second-order valence-corrected chi connectivity index (χ2v) is 4.51. The van der Waals surface area contributed by atoms with Crippen LogP contribution in [0, 0.1) is 5.92 Å². The summed E-state index contributed by atoms with van der Waals surface area (Å²) in [6, 6.07) is 0.297. The van der Waals surface area contributed by atoms with E-state index >= 15 is 0 Å². The van der Waals surface area contributed by atoms with Crippen LogP contribution in [0.1, 0.15) is 40.0 Å². The molecule has 0 aromatic carbocycles. The minimum atomic E-state index is 0.00634. The molecule has 3 nitrogen and oxygen atoms in total. The van der Waals surface area contributed by atoms with Gasteiger partial charge < -0.3 is 10.1 Å². The maximum Gasteiger partial charge on any atom is 0.246 e. The molecule has 0 aromatic heterocycles. The molecule has 0 saturated heterocycles. The van der Waals surface area contributed by atoms with Crippen LogP contribution in [-0.4, -0.2) is 24.7 Å². The number of carbonyl (C=O) groups is 1. The molecule has 1 N–H and O–H groups in total. The average Bonchev–Trinajstić information content (AvgIpc) is 2.84. The Morgan fingerprint density at radius 2 is 2.07 bits per heavy atom. The minimum absolute atomic E-state index is 0.00634. The van der Waals surface area contributed by atoms with Crippen LogP contribution in [0.25, 0.3) is 0 Å². The summed E-state index contributed by atoms with van der Waals surface area (Å²) < 4.78 is 5.21. The van der Waals surface area contributed by atoms with Crippen LogP contribution in [0.3, 0.4) is 0 Å². The van der Waals surface area contributed by atoms with Gasteiger partial charge in [-0.15, -0.1) is 0 Å². The van der Waals surface area contributed by atoms with Crippen LogP contribution >= 0.6 is 0 Å². The molecule has 1 saturated carbocycles. The zero-order valence-electron chi connectivity index (χ0n) is 9.38. The average molecular weight is 199 g/mol. The van der Waals surface area contributed by atoms with Crippen LogP contribution in [0.4, 0.5) is 0 Å². The van der Waals surface area contributed by atoms with Gasteiger partial charge in [0, 0.05) is 6.04 Å². The highest BCUT2D eigenvalue weighted by molar-refractivity contribution is 5.77. The van der Waals surface area contributed by atoms with Crippen LogP contribution in [0.2, 0.25) is 0 Å². The van der Waals surface area contributed by atoms with Crippen molar-refractivity contribution >= 4 is 5.91 Å². The van der Waals surface area contributed by atoms with Gasteiger partial charge >= 0.3 is 0 Å². The lowest BCUT2D eigenvalue weighted by Crippen LogP contribution is -2.36. The monoisotopic (exact) mass is 199 g/mol. The van der Waals surface area contributed by atoms with E-state index in [0.29, 0.717) is 6.04 Å². The highest BCUT2D eigenvalue weighted by atomic mass is 16.5. The Kier molecular flexibility index (Phi) is 4.39. The molecule has 1 fully saturated rings. The molecule has 1 rings (SSSR count). The van der Waals surface area contributed by atoms with Crippen molar-refractivity contribution in [3.8, 4) is 0 Å². The number of carbonyl (C=O) groups excluding carboxylic acids is 1. The second kappa shape index (κ2) is 5.35. The quantitative estimate of drug-likeness (QED) is 0.707. The van der Waals surface area contributed by atoms with Gasteiger partial charge in [-0.3, -0.25) is 4.79 Å². The van der Waals surface area contributed by atoms with E-state index in [0.717, 1.165) is 12.3 Å². The van der Waals surface area contributed by atoms with E-state index in [-0.39, 0.29) is 18.6 Å². The first kappa shape index (κ1) is 11.5. The molecular weight excluding hydrogens is 178 g/mol. The van der Waals surface area contributed by atoms with E-state index in [9.17, 15) is 4.79 Å². The number of amides is 1. The summed E-state index contributed by atoms with van der Waals surface area (Å²) >= 11 is 0. The van der Waals surface area contributed by atoms with Crippen LogP contribution < -0.4 is 5.32 Å². The fourth-order valence-corrected chi connectivity index (χ4v) is 1.47. The van der Waals surface area contributed by atoms with Crippen LogP contribution in [0.15, 0.2) is 0 Å². The van der Waals surface area contributed by atoms with E-state index < -0.39 is 0 Å². The van der Waals surface area contributed by atoms with Crippen molar-refractivity contribution in [2.75, 3.05) is 6.61 Å². The summed E-state index contributed by atoms with van der Waals surface area (Å²) in [6.45, 7) is 6.11. The molecule has 1 aliphatic carbocycles. The number of nitrogens with one attached hydrogen (secondary N) is 1. The summed E-state index contributed by atoms with van der Waals surface area (Å²) in [6.07, 6.45) is 3.92. The number of hydrogen-bond acceptors (Lipinski definition) is 2. The Morgan fingerprint density at radius 3 is 2.57 bits per heavy atom. The Balaban J connectivity index is 2.05. The lowest BCUT2D eigenvalue weighted by molar-refractivity contribution is -0.127. The molecular formula is C11H21NO2. The van der Waals surface area contributed by atoms with Gasteiger partial charge in [0.25, 0.3) is 0 Å². The molecule has 3 heteroatoms. The topological polar surface area (TPSA) is 38.3 Å². The highest BCUT2D eigenvalue weighted by Gasteiger charge is 2.24. The van der Waals surface area contributed by atoms with Gasteiger partial charge in [-0.25, -0.2) is 0 Å². The SMILES string of the molecule is CC(CC1CC1)NC(=O)COC(C)C. The summed E-state index contributed by atoms with van der Waals surface area (Å²) in [5, 5.41) is 2.94. The van der Waals surface area contributed by atoms with Crippen molar-refractivity contribution < 1.29 is 9.53 Å². The maximum absolute atomic E-state index is 11.3. The first-order valence-corrected chi connectivity index (χ1v) is 5.49. The molecule has 14 heavy (non-hydrogen) atoms. The Hall–Kier alpha value is -0.570. The lowest BCUT2D eigenvalue weighted by atomic mass is 10.1. The van der Waals surface area contributed by atoms with Gasteiger partial charge in [-0.2, -0.15) is 0 Å². The highest BCUT2D eigenvalue weighted by Crippen LogP contribution is 2.33. The molecule has 1 unspecified atom stereocenters. The second-order valence-electron chi connectivity index (χ2n) is 4.51. The Labute approximate surface area is 86.2 Å². The number of rotatable bonds is 6. The maximum atomic E-state index is 11.3. The molecule has 82 valence electrons. The molecule has 0 spiro atoms. The standard InChI is InChI=1S/C11H21NO2/c1-8(2)14-7-11(13)12-9(3)6-10-4-5-10/h8-10H,4-7H2,1-3H3,(H,12,13). The molecule has 1 aliphatic rings. The van der Waals surface area contributed by atoms with Gasteiger partial charge in [-0.05, 0) is 33.1 Å². The van der Waals surface area contributed by atoms with Crippen molar-refractivity contribution in [2.45, 2.75) is 52.2 Å². The third-order valence-corrected chi connectivity index (χ3v) is 2.34. The van der Waals surface area contributed by atoms with Gasteiger partial charge in [0.15, 0.2) is 0 Å². The normalized spacial score (nSPS) is 18.3. The molecule has 1 atom stereocenters. The molecule has 0 bridgehead atoms. The van der Waals surface area contributed by atoms with Crippen molar-refractivity contribution in [2.24, 2.45) is 5.92 Å². The summed E-state index contributed by atoms with van der Waals surface area (Å²) in [5.41, 5.74) is 0. The zero-order valence-corrected chi connectivity index (χ0v) is 9.38. The predicted octanol–water partition coefficient (Wildman–Crippen LogP) is 1.72. The molecule has 0 aromatic rings. The molecule has 0 radical (unpaired) electrons. The van der Waals surface area contributed by atoms with Crippen molar-refractivity contribution in [1.29, 1.82) is 0 Å². The lowest BCUT2D eigenvalue weighted by Gasteiger charge is -2.14. The largest absolute Gasteiger partial charge is 0.369 e. The molecule has 0 heterocycles. The Bertz CT molecular complexity index is 188. The first-order valence-electron chi connectivity index (χ1n) is 5.49. The summed E-state index contributed by atoms with van der Waals surface area (Å²) in [5.74, 6) is 0.864. The van der Waals surface area contributed by atoms with E-state index in [1.54, 1.807) is 0 Å². The van der Waals surface area contributed by atoms with Crippen LogP contribution in [0.5, 0.6) is 0 Å². The van der Waals surface area contributed by atoms with E-state index in [2.05, 4.69) is 12.2 Å². The van der Waals surface area contributed by atoms with Crippen LogP contribution in [-0.2, 0) is 9.53 Å². The summed E-state index contributed by atoms with van der Waals surface area (Å²) in [7, 11) is 0. The number of ether oxygens (including phenoxy) is 1. The van der Waals surface area contributed by atoms with E-state index in [1.165, 1.54) is 12.8 Å². The van der Waals surface area contributed by atoms with E-state index in [1.807, 2.05) is 13.8 Å².